The fraction of sp³-hybridized carbons (Fsp3) is 0.462. The number of nitrogens with zero attached hydrogens (tertiary/aromatic N) is 1. The van der Waals surface area contributed by atoms with E-state index in [1.807, 2.05) is 0 Å². The number of likely N-dealkylation sites (N-methyl/N-ethyl adjacent to an activating group) is 1. The van der Waals surface area contributed by atoms with Crippen LogP contribution in [0.1, 0.15) is 18.4 Å². The van der Waals surface area contributed by atoms with Crippen LogP contribution in [0.5, 0.6) is 5.75 Å². The second-order valence-electron chi connectivity index (χ2n) is 4.43. The number of amides is 1. The first-order chi connectivity index (χ1) is 8.61. The highest BCUT2D eigenvalue weighted by Crippen LogP contribution is 2.25. The van der Waals surface area contributed by atoms with Gasteiger partial charge in [0.2, 0.25) is 0 Å². The Morgan fingerprint density at radius 3 is 2.89 bits per heavy atom. The van der Waals surface area contributed by atoms with E-state index >= 15 is 0 Å². The Labute approximate surface area is 105 Å². The monoisotopic (exact) mass is 253 g/mol. The molecule has 0 atom stereocenters. The summed E-state index contributed by atoms with van der Waals surface area (Å²) in [5, 5.41) is 9.07. The van der Waals surface area contributed by atoms with Gasteiger partial charge in [-0.3, -0.25) is 4.79 Å². The normalized spacial score (nSPS) is 14.4. The van der Waals surface area contributed by atoms with Crippen LogP contribution in [0, 0.1) is 5.82 Å². The Morgan fingerprint density at radius 1 is 1.56 bits per heavy atom. The standard InChI is InChI=1S/C13H16FNO3/c1-15(11-3-4-11)13(17)8-18-12-5-2-10(14)6-9(12)7-16/h2,5-6,11,16H,3-4,7-8H2,1H3. The van der Waals surface area contributed by atoms with Crippen molar-refractivity contribution < 1.29 is 19.0 Å². The summed E-state index contributed by atoms with van der Waals surface area (Å²) in [6.07, 6.45) is 2.08. The van der Waals surface area contributed by atoms with E-state index in [9.17, 15) is 9.18 Å². The molecule has 1 aliphatic rings. The lowest BCUT2D eigenvalue weighted by molar-refractivity contribution is -0.132. The zero-order valence-corrected chi connectivity index (χ0v) is 10.2. The highest BCUT2D eigenvalue weighted by Gasteiger charge is 2.29. The molecule has 1 N–H and O–H groups in total. The number of halogens is 1. The smallest absolute Gasteiger partial charge is 0.260 e. The number of aliphatic hydroxyl groups is 1. The highest BCUT2D eigenvalue weighted by molar-refractivity contribution is 5.78. The Bertz CT molecular complexity index is 446. The molecule has 2 rings (SSSR count). The van der Waals surface area contributed by atoms with Crippen molar-refractivity contribution in [3.05, 3.63) is 29.6 Å². The van der Waals surface area contributed by atoms with Crippen LogP contribution in [0.2, 0.25) is 0 Å². The van der Waals surface area contributed by atoms with E-state index in [1.165, 1.54) is 18.2 Å². The van der Waals surface area contributed by atoms with Crippen LogP contribution >= 0.6 is 0 Å². The van der Waals surface area contributed by atoms with E-state index < -0.39 is 5.82 Å². The topological polar surface area (TPSA) is 49.8 Å². The summed E-state index contributed by atoms with van der Waals surface area (Å²) in [5.74, 6) is -0.199. The predicted octanol–water partition coefficient (Wildman–Crippen LogP) is 1.32. The van der Waals surface area contributed by atoms with Crippen molar-refractivity contribution in [2.75, 3.05) is 13.7 Å². The molecule has 0 bridgehead atoms. The van der Waals surface area contributed by atoms with Gasteiger partial charge in [0.05, 0.1) is 6.61 Å². The number of hydrogen-bond donors (Lipinski definition) is 1. The molecule has 5 heteroatoms. The molecule has 0 aromatic heterocycles. The van der Waals surface area contributed by atoms with E-state index in [4.69, 9.17) is 9.84 Å². The lowest BCUT2D eigenvalue weighted by atomic mass is 10.2. The molecule has 0 radical (unpaired) electrons. The Morgan fingerprint density at radius 2 is 2.28 bits per heavy atom. The summed E-state index contributed by atoms with van der Waals surface area (Å²) in [7, 11) is 1.75. The summed E-state index contributed by atoms with van der Waals surface area (Å²) in [6, 6.07) is 4.20. The second kappa shape index (κ2) is 5.35. The van der Waals surface area contributed by atoms with Gasteiger partial charge in [-0.25, -0.2) is 4.39 Å². The van der Waals surface area contributed by atoms with Gasteiger partial charge in [0.1, 0.15) is 11.6 Å². The number of benzene rings is 1. The number of hydrogen-bond acceptors (Lipinski definition) is 3. The van der Waals surface area contributed by atoms with Crippen molar-refractivity contribution in [1.29, 1.82) is 0 Å². The van der Waals surface area contributed by atoms with E-state index in [2.05, 4.69) is 0 Å². The minimum Gasteiger partial charge on any atom is -0.483 e. The molecule has 98 valence electrons. The molecule has 0 unspecified atom stereocenters. The molecular formula is C13H16FNO3. The van der Waals surface area contributed by atoms with Gasteiger partial charge >= 0.3 is 0 Å². The number of carbonyl (C=O) groups excluding carboxylic acids is 1. The fourth-order valence-corrected chi connectivity index (χ4v) is 1.72. The van der Waals surface area contributed by atoms with Crippen LogP contribution in [0.3, 0.4) is 0 Å². The first-order valence-corrected chi connectivity index (χ1v) is 5.89. The van der Waals surface area contributed by atoms with Crippen LogP contribution in [0.15, 0.2) is 18.2 Å². The van der Waals surface area contributed by atoms with Crippen molar-refractivity contribution in [1.82, 2.24) is 4.90 Å². The summed E-state index contributed by atoms with van der Waals surface area (Å²) in [5.41, 5.74) is 0.344. The SMILES string of the molecule is CN(C(=O)COc1ccc(F)cc1CO)C1CC1. The molecule has 1 fully saturated rings. The van der Waals surface area contributed by atoms with Gasteiger partial charge in [0.15, 0.2) is 6.61 Å². The third-order valence-electron chi connectivity index (χ3n) is 3.03. The Kier molecular flexibility index (Phi) is 3.81. The predicted molar refractivity (Wildman–Crippen MR) is 63.6 cm³/mol. The largest absolute Gasteiger partial charge is 0.483 e. The van der Waals surface area contributed by atoms with Gasteiger partial charge in [0.25, 0.3) is 5.91 Å². The minimum absolute atomic E-state index is 0.0916. The summed E-state index contributed by atoms with van der Waals surface area (Å²) in [6.45, 7) is -0.411. The molecule has 1 aliphatic carbocycles. The molecule has 0 aliphatic heterocycles. The Balaban J connectivity index is 1.94. The number of aliphatic hydroxyl groups excluding tert-OH is 1. The third kappa shape index (κ3) is 2.98. The number of rotatable bonds is 5. The maximum absolute atomic E-state index is 12.9. The van der Waals surface area contributed by atoms with E-state index in [1.54, 1.807) is 11.9 Å². The van der Waals surface area contributed by atoms with E-state index in [0.717, 1.165) is 12.8 Å². The minimum atomic E-state index is -0.437. The van der Waals surface area contributed by atoms with Crippen LogP contribution in [0.4, 0.5) is 4.39 Å². The maximum Gasteiger partial charge on any atom is 0.260 e. The first-order valence-electron chi connectivity index (χ1n) is 5.89. The first kappa shape index (κ1) is 12.8. The Hall–Kier alpha value is -1.62. The lowest BCUT2D eigenvalue weighted by Gasteiger charge is -2.17. The summed E-state index contributed by atoms with van der Waals surface area (Å²) in [4.78, 5) is 13.4. The summed E-state index contributed by atoms with van der Waals surface area (Å²) < 4.78 is 18.3. The van der Waals surface area contributed by atoms with Crippen molar-refractivity contribution >= 4 is 5.91 Å². The molecule has 0 heterocycles. The fourth-order valence-electron chi connectivity index (χ4n) is 1.72. The van der Waals surface area contributed by atoms with Crippen molar-refractivity contribution in [3.63, 3.8) is 0 Å². The number of carbonyl (C=O) groups is 1. The van der Waals surface area contributed by atoms with Gasteiger partial charge in [-0.15, -0.1) is 0 Å². The van der Waals surface area contributed by atoms with Crippen LogP contribution in [0.25, 0.3) is 0 Å². The molecular weight excluding hydrogens is 237 g/mol. The highest BCUT2D eigenvalue weighted by atomic mass is 19.1. The van der Waals surface area contributed by atoms with Crippen molar-refractivity contribution in [2.24, 2.45) is 0 Å². The second-order valence-corrected chi connectivity index (χ2v) is 4.43. The summed E-state index contributed by atoms with van der Waals surface area (Å²) >= 11 is 0. The molecule has 0 spiro atoms. The maximum atomic E-state index is 12.9. The van der Waals surface area contributed by atoms with Gasteiger partial charge < -0.3 is 14.7 Å². The van der Waals surface area contributed by atoms with Crippen LogP contribution < -0.4 is 4.74 Å². The van der Waals surface area contributed by atoms with Crippen LogP contribution in [-0.4, -0.2) is 35.6 Å². The molecule has 18 heavy (non-hydrogen) atoms. The molecule has 4 nitrogen and oxygen atoms in total. The third-order valence-corrected chi connectivity index (χ3v) is 3.03. The van der Waals surface area contributed by atoms with E-state index in [-0.39, 0.29) is 19.1 Å². The zero-order valence-electron chi connectivity index (χ0n) is 10.2. The van der Waals surface area contributed by atoms with Crippen molar-refractivity contribution in [2.45, 2.75) is 25.5 Å². The van der Waals surface area contributed by atoms with Gasteiger partial charge in [-0.05, 0) is 31.0 Å². The zero-order chi connectivity index (χ0) is 13.1. The molecule has 0 saturated heterocycles. The average molecular weight is 253 g/mol. The van der Waals surface area contributed by atoms with Crippen LogP contribution in [-0.2, 0) is 11.4 Å². The average Bonchev–Trinajstić information content (AvgIpc) is 3.20. The van der Waals surface area contributed by atoms with Gasteiger partial charge in [-0.2, -0.15) is 0 Å². The van der Waals surface area contributed by atoms with E-state index in [0.29, 0.717) is 17.4 Å². The quantitative estimate of drug-likeness (QED) is 0.861. The number of ether oxygens (including phenoxy) is 1. The molecule has 1 saturated carbocycles. The van der Waals surface area contributed by atoms with Crippen molar-refractivity contribution in [3.8, 4) is 5.75 Å². The molecule has 1 aromatic carbocycles. The van der Waals surface area contributed by atoms with Gasteiger partial charge in [0, 0.05) is 18.7 Å². The molecule has 1 amide bonds. The van der Waals surface area contributed by atoms with Gasteiger partial charge in [-0.1, -0.05) is 0 Å². The lowest BCUT2D eigenvalue weighted by Crippen LogP contribution is -2.33. The molecule has 1 aromatic rings.